The normalized spacial score (nSPS) is 23.7. The van der Waals surface area contributed by atoms with Crippen molar-refractivity contribution in [2.45, 2.75) is 32.5 Å². The van der Waals surface area contributed by atoms with Gasteiger partial charge in [0.15, 0.2) is 0 Å². The highest BCUT2D eigenvalue weighted by Crippen LogP contribution is 2.15. The van der Waals surface area contributed by atoms with Gasteiger partial charge in [-0.3, -0.25) is 4.90 Å². The Hall–Kier alpha value is -1.04. The molecule has 1 aromatic heterocycles. The number of hydrogen-bond donors (Lipinski definition) is 1. The van der Waals surface area contributed by atoms with Gasteiger partial charge >= 0.3 is 5.97 Å². The highest BCUT2D eigenvalue weighted by Gasteiger charge is 2.23. The van der Waals surface area contributed by atoms with E-state index in [1.165, 1.54) is 7.11 Å². The van der Waals surface area contributed by atoms with Crippen LogP contribution >= 0.6 is 12.4 Å². The minimum atomic E-state index is -0.428. The Morgan fingerprint density at radius 2 is 2.26 bits per heavy atom. The predicted octanol–water partition coefficient (Wildman–Crippen LogP) is 1.67. The van der Waals surface area contributed by atoms with E-state index in [-0.39, 0.29) is 18.2 Å². The largest absolute Gasteiger partial charge is 0.463 e. The summed E-state index contributed by atoms with van der Waals surface area (Å²) in [6.07, 6.45) is 0. The van der Waals surface area contributed by atoms with Crippen molar-refractivity contribution < 1.29 is 13.9 Å². The van der Waals surface area contributed by atoms with Crippen LogP contribution in [0.1, 0.15) is 30.2 Å². The lowest BCUT2D eigenvalue weighted by Gasteiger charge is -2.36. The van der Waals surface area contributed by atoms with Gasteiger partial charge < -0.3 is 14.5 Å². The standard InChI is InChI=1S/C13H20N2O3.ClH/c1-9-7-15(10(2)6-14-9)8-11-4-5-12(18-11)13(16)17-3;/h4-5,9-10,14H,6-8H2,1-3H3;1H. The van der Waals surface area contributed by atoms with E-state index in [1.54, 1.807) is 6.07 Å². The quantitative estimate of drug-likeness (QED) is 0.858. The molecule has 2 unspecified atom stereocenters. The Kier molecular flexibility index (Phi) is 5.85. The summed E-state index contributed by atoms with van der Waals surface area (Å²) in [6.45, 7) is 7.04. The molecule has 0 bridgehead atoms. The van der Waals surface area contributed by atoms with Gasteiger partial charge in [0.2, 0.25) is 5.76 Å². The van der Waals surface area contributed by atoms with Crippen LogP contribution in [0.25, 0.3) is 0 Å². The molecule has 1 aromatic rings. The summed E-state index contributed by atoms with van der Waals surface area (Å²) in [5.74, 6) is 0.641. The molecule has 1 aliphatic rings. The van der Waals surface area contributed by atoms with E-state index in [0.717, 1.165) is 25.4 Å². The Morgan fingerprint density at radius 3 is 2.95 bits per heavy atom. The summed E-state index contributed by atoms with van der Waals surface area (Å²) >= 11 is 0. The monoisotopic (exact) mass is 288 g/mol. The second kappa shape index (κ2) is 6.93. The third-order valence-corrected chi connectivity index (χ3v) is 3.30. The maximum Gasteiger partial charge on any atom is 0.373 e. The third kappa shape index (κ3) is 3.96. The number of esters is 1. The van der Waals surface area contributed by atoms with Crippen LogP contribution in [0.15, 0.2) is 16.5 Å². The van der Waals surface area contributed by atoms with E-state index < -0.39 is 5.97 Å². The number of carbonyl (C=O) groups excluding carboxylic acids is 1. The van der Waals surface area contributed by atoms with E-state index in [0.29, 0.717) is 12.1 Å². The first-order chi connectivity index (χ1) is 8.60. The van der Waals surface area contributed by atoms with Crippen molar-refractivity contribution >= 4 is 18.4 Å². The van der Waals surface area contributed by atoms with Gasteiger partial charge in [0.25, 0.3) is 0 Å². The van der Waals surface area contributed by atoms with E-state index >= 15 is 0 Å². The third-order valence-electron chi connectivity index (χ3n) is 3.30. The van der Waals surface area contributed by atoms with Crippen molar-refractivity contribution in [2.75, 3.05) is 20.2 Å². The van der Waals surface area contributed by atoms with Gasteiger partial charge in [0.1, 0.15) is 5.76 Å². The molecule has 0 spiro atoms. The van der Waals surface area contributed by atoms with Gasteiger partial charge in [-0.2, -0.15) is 0 Å². The average molecular weight is 289 g/mol. The lowest BCUT2D eigenvalue weighted by Crippen LogP contribution is -2.53. The van der Waals surface area contributed by atoms with Crippen molar-refractivity contribution in [3.05, 3.63) is 23.7 Å². The van der Waals surface area contributed by atoms with Gasteiger partial charge in [-0.1, -0.05) is 0 Å². The van der Waals surface area contributed by atoms with Crippen molar-refractivity contribution in [1.82, 2.24) is 10.2 Å². The number of furan rings is 1. The number of nitrogens with zero attached hydrogens (tertiary/aromatic N) is 1. The number of piperazine rings is 1. The lowest BCUT2D eigenvalue weighted by molar-refractivity contribution is 0.0558. The summed E-state index contributed by atoms with van der Waals surface area (Å²) in [5, 5.41) is 3.43. The van der Waals surface area contributed by atoms with Crippen LogP contribution in [-0.4, -0.2) is 43.2 Å². The molecule has 19 heavy (non-hydrogen) atoms. The zero-order valence-electron chi connectivity index (χ0n) is 11.5. The fraction of sp³-hybridized carbons (Fsp3) is 0.615. The molecule has 1 saturated heterocycles. The molecule has 1 fully saturated rings. The van der Waals surface area contributed by atoms with E-state index in [4.69, 9.17) is 4.42 Å². The minimum Gasteiger partial charge on any atom is -0.463 e. The molecule has 2 atom stereocenters. The maximum absolute atomic E-state index is 11.3. The summed E-state index contributed by atoms with van der Waals surface area (Å²) in [5.41, 5.74) is 0. The Balaban J connectivity index is 0.00000180. The molecule has 6 heteroatoms. The number of rotatable bonds is 3. The summed E-state index contributed by atoms with van der Waals surface area (Å²) in [7, 11) is 1.35. The molecular formula is C13H21ClN2O3. The fourth-order valence-corrected chi connectivity index (χ4v) is 2.19. The smallest absolute Gasteiger partial charge is 0.373 e. The lowest BCUT2D eigenvalue weighted by atomic mass is 10.1. The van der Waals surface area contributed by atoms with Crippen LogP contribution in [0.2, 0.25) is 0 Å². The number of halogens is 1. The van der Waals surface area contributed by atoms with Crippen molar-refractivity contribution in [3.63, 3.8) is 0 Å². The van der Waals surface area contributed by atoms with Crippen molar-refractivity contribution in [1.29, 1.82) is 0 Å². The van der Waals surface area contributed by atoms with Crippen molar-refractivity contribution in [2.24, 2.45) is 0 Å². The van der Waals surface area contributed by atoms with Crippen LogP contribution in [0.5, 0.6) is 0 Å². The van der Waals surface area contributed by atoms with E-state index in [2.05, 4.69) is 28.8 Å². The summed E-state index contributed by atoms with van der Waals surface area (Å²) in [4.78, 5) is 13.6. The second-order valence-corrected chi connectivity index (χ2v) is 4.85. The molecule has 0 aromatic carbocycles. The number of ether oxygens (including phenoxy) is 1. The van der Waals surface area contributed by atoms with Gasteiger partial charge in [0.05, 0.1) is 13.7 Å². The summed E-state index contributed by atoms with van der Waals surface area (Å²) in [6, 6.07) is 4.45. The van der Waals surface area contributed by atoms with Gasteiger partial charge in [-0.25, -0.2) is 4.79 Å². The predicted molar refractivity (Wildman–Crippen MR) is 74.6 cm³/mol. The van der Waals surface area contributed by atoms with Crippen LogP contribution < -0.4 is 5.32 Å². The number of nitrogens with one attached hydrogen (secondary N) is 1. The number of hydrogen-bond acceptors (Lipinski definition) is 5. The number of carbonyl (C=O) groups is 1. The summed E-state index contributed by atoms with van der Waals surface area (Å²) < 4.78 is 10.1. The van der Waals surface area contributed by atoms with Gasteiger partial charge in [-0.05, 0) is 26.0 Å². The SMILES string of the molecule is COC(=O)c1ccc(CN2CC(C)NCC2C)o1.Cl. The molecule has 5 nitrogen and oxygen atoms in total. The molecule has 0 saturated carbocycles. The van der Waals surface area contributed by atoms with E-state index in [1.807, 2.05) is 6.07 Å². The van der Waals surface area contributed by atoms with Crippen LogP contribution in [0, 0.1) is 0 Å². The Labute approximate surface area is 119 Å². The average Bonchev–Trinajstić information content (AvgIpc) is 2.81. The van der Waals surface area contributed by atoms with Crippen LogP contribution in [0.4, 0.5) is 0 Å². The van der Waals surface area contributed by atoms with E-state index in [9.17, 15) is 4.79 Å². The molecular weight excluding hydrogens is 268 g/mol. The molecule has 0 aliphatic carbocycles. The first-order valence-corrected chi connectivity index (χ1v) is 6.24. The fourth-order valence-electron chi connectivity index (χ4n) is 2.19. The minimum absolute atomic E-state index is 0. The second-order valence-electron chi connectivity index (χ2n) is 4.85. The molecule has 108 valence electrons. The molecule has 0 radical (unpaired) electrons. The van der Waals surface area contributed by atoms with Gasteiger partial charge in [0, 0.05) is 25.2 Å². The Bertz CT molecular complexity index is 422. The molecule has 2 heterocycles. The maximum atomic E-state index is 11.3. The van der Waals surface area contributed by atoms with Crippen LogP contribution in [-0.2, 0) is 11.3 Å². The molecule has 1 aliphatic heterocycles. The highest BCUT2D eigenvalue weighted by molar-refractivity contribution is 5.86. The zero-order chi connectivity index (χ0) is 13.1. The van der Waals surface area contributed by atoms with Crippen molar-refractivity contribution in [3.8, 4) is 0 Å². The van der Waals surface area contributed by atoms with Crippen LogP contribution in [0.3, 0.4) is 0 Å². The zero-order valence-corrected chi connectivity index (χ0v) is 12.3. The number of methoxy groups -OCH3 is 1. The molecule has 2 rings (SSSR count). The van der Waals surface area contributed by atoms with Gasteiger partial charge in [-0.15, -0.1) is 12.4 Å². The first kappa shape index (κ1) is 16.0. The topological polar surface area (TPSA) is 54.7 Å². The highest BCUT2D eigenvalue weighted by atomic mass is 35.5. The molecule has 0 amide bonds. The molecule has 1 N–H and O–H groups in total. The first-order valence-electron chi connectivity index (χ1n) is 6.24. The Morgan fingerprint density at radius 1 is 1.53 bits per heavy atom.